The first-order valence-electron chi connectivity index (χ1n) is 9.94. The number of sulfonamides is 1. The van der Waals surface area contributed by atoms with Crippen LogP contribution in [-0.2, 0) is 27.7 Å². The molecule has 10 heteroatoms. The van der Waals surface area contributed by atoms with Gasteiger partial charge in [0, 0.05) is 11.4 Å². The van der Waals surface area contributed by atoms with Gasteiger partial charge < -0.3 is 5.32 Å². The van der Waals surface area contributed by atoms with Crippen LogP contribution >= 0.6 is 34.3 Å². The van der Waals surface area contributed by atoms with Gasteiger partial charge in [0.1, 0.15) is 21.3 Å². The molecular formula is C20H22ClN3O3S3. The Balaban J connectivity index is 1.60. The summed E-state index contributed by atoms with van der Waals surface area (Å²) in [5.41, 5.74) is 1.57. The molecule has 160 valence electrons. The molecule has 2 atom stereocenters. The number of hydrogen-bond acceptors (Lipinski definition) is 6. The van der Waals surface area contributed by atoms with Crippen LogP contribution < -0.4 is 5.32 Å². The monoisotopic (exact) mass is 483 g/mol. The molecule has 1 amide bonds. The Bertz CT molecular complexity index is 1120. The average Bonchev–Trinajstić information content (AvgIpc) is 3.30. The van der Waals surface area contributed by atoms with Crippen molar-refractivity contribution in [2.24, 2.45) is 5.92 Å². The van der Waals surface area contributed by atoms with E-state index < -0.39 is 16.1 Å². The number of hydrogen-bond donors (Lipinski definition) is 1. The molecule has 30 heavy (non-hydrogen) atoms. The van der Waals surface area contributed by atoms with Crippen LogP contribution in [0.1, 0.15) is 48.6 Å². The van der Waals surface area contributed by atoms with Crippen LogP contribution in [0.25, 0.3) is 0 Å². The molecule has 3 heterocycles. The normalized spacial score (nSPS) is 22.3. The quantitative estimate of drug-likeness (QED) is 0.685. The second kappa shape index (κ2) is 8.60. The summed E-state index contributed by atoms with van der Waals surface area (Å²) in [6, 6.07) is 4.48. The molecule has 1 saturated heterocycles. The zero-order valence-corrected chi connectivity index (χ0v) is 19.7. The first kappa shape index (κ1) is 21.8. The third-order valence-electron chi connectivity index (χ3n) is 5.73. The number of carbonyl (C=O) groups excluding carboxylic acids is 1. The molecular weight excluding hydrogens is 462 g/mol. The van der Waals surface area contributed by atoms with Crippen molar-refractivity contribution in [2.75, 3.05) is 11.9 Å². The third kappa shape index (κ3) is 4.04. The summed E-state index contributed by atoms with van der Waals surface area (Å²) < 4.78 is 28.1. The maximum Gasteiger partial charge on any atom is 0.253 e. The minimum absolute atomic E-state index is 0.144. The van der Waals surface area contributed by atoms with Crippen LogP contribution in [0.2, 0.25) is 4.34 Å². The maximum atomic E-state index is 13.2. The molecule has 0 spiro atoms. The van der Waals surface area contributed by atoms with Crippen molar-refractivity contribution in [3.63, 3.8) is 0 Å². The van der Waals surface area contributed by atoms with Crippen LogP contribution in [0.15, 0.2) is 16.3 Å². The molecule has 0 aromatic carbocycles. The van der Waals surface area contributed by atoms with Crippen LogP contribution in [0.3, 0.4) is 0 Å². The number of amides is 1. The summed E-state index contributed by atoms with van der Waals surface area (Å²) >= 11 is 8.38. The zero-order valence-electron chi connectivity index (χ0n) is 16.5. The van der Waals surface area contributed by atoms with Crippen molar-refractivity contribution in [3.8, 4) is 6.07 Å². The van der Waals surface area contributed by atoms with E-state index in [2.05, 4.69) is 18.3 Å². The molecule has 6 nitrogen and oxygen atoms in total. The lowest BCUT2D eigenvalue weighted by molar-refractivity contribution is -0.120. The number of thiophene rings is 2. The second-order valence-electron chi connectivity index (χ2n) is 7.84. The van der Waals surface area contributed by atoms with E-state index in [0.717, 1.165) is 47.5 Å². The van der Waals surface area contributed by atoms with E-state index in [1.54, 1.807) is 6.07 Å². The highest BCUT2D eigenvalue weighted by molar-refractivity contribution is 7.91. The lowest BCUT2D eigenvalue weighted by Gasteiger charge is -2.33. The molecule has 1 fully saturated rings. The predicted molar refractivity (Wildman–Crippen MR) is 120 cm³/mol. The first-order valence-corrected chi connectivity index (χ1v) is 13.4. The summed E-state index contributed by atoms with van der Waals surface area (Å²) in [6.07, 6.45) is 4.72. The lowest BCUT2D eigenvalue weighted by atomic mass is 9.88. The van der Waals surface area contributed by atoms with Crippen molar-refractivity contribution in [1.82, 2.24) is 4.31 Å². The van der Waals surface area contributed by atoms with Gasteiger partial charge in [0.2, 0.25) is 5.91 Å². The fourth-order valence-electron chi connectivity index (χ4n) is 4.16. The Hall–Kier alpha value is -1.44. The molecule has 1 aliphatic heterocycles. The van der Waals surface area contributed by atoms with E-state index in [4.69, 9.17) is 11.6 Å². The van der Waals surface area contributed by atoms with Gasteiger partial charge in [-0.05, 0) is 55.7 Å². The minimum atomic E-state index is -3.81. The Morgan fingerprint density at radius 3 is 2.80 bits per heavy atom. The maximum absolute atomic E-state index is 13.2. The standard InChI is InChI=1S/C20H22ClN3O3S3/c1-12-5-6-13-14(11-22)20(28-16(13)10-12)23-19(25)15-4-2-3-9-24(15)30(26,27)18-8-7-17(21)29-18/h7-8,12,15H,2-6,9-10H2,1H3,(H,23,25). The van der Waals surface area contributed by atoms with Crippen molar-refractivity contribution >= 4 is 55.2 Å². The van der Waals surface area contributed by atoms with Gasteiger partial charge in [0.15, 0.2) is 0 Å². The molecule has 0 bridgehead atoms. The lowest BCUT2D eigenvalue weighted by Crippen LogP contribution is -2.49. The molecule has 2 aromatic heterocycles. The van der Waals surface area contributed by atoms with Crippen molar-refractivity contribution in [2.45, 2.75) is 55.7 Å². The number of halogens is 1. The molecule has 0 saturated carbocycles. The van der Waals surface area contributed by atoms with E-state index in [1.165, 1.54) is 21.7 Å². The molecule has 2 unspecified atom stereocenters. The number of rotatable bonds is 4. The zero-order chi connectivity index (χ0) is 21.5. The fraction of sp³-hybridized carbons (Fsp3) is 0.500. The summed E-state index contributed by atoms with van der Waals surface area (Å²) in [5.74, 6) is 0.187. The van der Waals surface area contributed by atoms with Crippen molar-refractivity contribution in [3.05, 3.63) is 32.5 Å². The summed E-state index contributed by atoms with van der Waals surface area (Å²) in [5, 5.41) is 13.1. The van der Waals surface area contributed by atoms with Crippen LogP contribution in [0.5, 0.6) is 0 Å². The molecule has 4 rings (SSSR count). The Labute approximate surface area is 189 Å². The number of nitrogens with zero attached hydrogens (tertiary/aromatic N) is 2. The number of fused-ring (bicyclic) bond motifs is 1. The van der Waals surface area contributed by atoms with E-state index in [-0.39, 0.29) is 10.1 Å². The number of piperidine rings is 1. The topological polar surface area (TPSA) is 90.3 Å². The summed E-state index contributed by atoms with van der Waals surface area (Å²) in [7, 11) is -3.81. The highest BCUT2D eigenvalue weighted by Gasteiger charge is 2.39. The third-order valence-corrected chi connectivity index (χ3v) is 10.5. The highest BCUT2D eigenvalue weighted by Crippen LogP contribution is 2.40. The summed E-state index contributed by atoms with van der Waals surface area (Å²) in [6.45, 7) is 2.48. The second-order valence-corrected chi connectivity index (χ2v) is 12.8. The van der Waals surface area contributed by atoms with Gasteiger partial charge in [0.25, 0.3) is 10.0 Å². The van der Waals surface area contributed by atoms with Gasteiger partial charge in [-0.1, -0.05) is 24.9 Å². The smallest absolute Gasteiger partial charge is 0.253 e. The SMILES string of the molecule is CC1CCc2c(sc(NC(=O)C3CCCCN3S(=O)(=O)c3ccc(Cl)s3)c2C#N)C1. The van der Waals surface area contributed by atoms with Gasteiger partial charge in [-0.15, -0.1) is 22.7 Å². The van der Waals surface area contributed by atoms with Crippen LogP contribution in [0, 0.1) is 17.2 Å². The van der Waals surface area contributed by atoms with E-state index in [0.29, 0.717) is 40.2 Å². The molecule has 2 aliphatic rings. The largest absolute Gasteiger partial charge is 0.315 e. The van der Waals surface area contributed by atoms with Gasteiger partial charge in [-0.25, -0.2) is 8.42 Å². The minimum Gasteiger partial charge on any atom is -0.315 e. The van der Waals surface area contributed by atoms with Crippen molar-refractivity contribution < 1.29 is 13.2 Å². The molecule has 2 aromatic rings. The highest BCUT2D eigenvalue weighted by atomic mass is 35.5. The Morgan fingerprint density at radius 1 is 1.30 bits per heavy atom. The van der Waals surface area contributed by atoms with Gasteiger partial charge in [-0.3, -0.25) is 4.79 Å². The number of carbonyl (C=O) groups is 1. The van der Waals surface area contributed by atoms with Gasteiger partial charge in [0.05, 0.1) is 9.90 Å². The molecule has 1 aliphatic carbocycles. The molecule has 1 N–H and O–H groups in total. The first-order chi connectivity index (χ1) is 14.3. The summed E-state index contributed by atoms with van der Waals surface area (Å²) in [4.78, 5) is 14.3. The number of anilines is 1. The molecule has 0 radical (unpaired) electrons. The van der Waals surface area contributed by atoms with E-state index in [9.17, 15) is 18.5 Å². The van der Waals surface area contributed by atoms with Crippen molar-refractivity contribution in [1.29, 1.82) is 5.26 Å². The van der Waals surface area contributed by atoms with Crippen LogP contribution in [0.4, 0.5) is 5.00 Å². The number of nitriles is 1. The Kier molecular flexibility index (Phi) is 6.24. The van der Waals surface area contributed by atoms with E-state index >= 15 is 0 Å². The van der Waals surface area contributed by atoms with Gasteiger partial charge >= 0.3 is 0 Å². The average molecular weight is 484 g/mol. The Morgan fingerprint density at radius 2 is 2.10 bits per heavy atom. The fourth-order valence-corrected chi connectivity index (χ4v) is 8.79. The van der Waals surface area contributed by atoms with E-state index in [1.807, 2.05) is 0 Å². The van der Waals surface area contributed by atoms with Gasteiger partial charge in [-0.2, -0.15) is 9.57 Å². The van der Waals surface area contributed by atoms with Crippen LogP contribution in [-0.4, -0.2) is 31.2 Å². The predicted octanol–water partition coefficient (Wildman–Crippen LogP) is 4.64. The number of nitrogens with one attached hydrogen (secondary N) is 1.